The van der Waals surface area contributed by atoms with Crippen LogP contribution in [0.1, 0.15) is 42.5 Å². The van der Waals surface area contributed by atoms with Crippen molar-refractivity contribution in [3.63, 3.8) is 0 Å². The summed E-state index contributed by atoms with van der Waals surface area (Å²) >= 11 is 0. The summed E-state index contributed by atoms with van der Waals surface area (Å²) < 4.78 is 10.6. The maximum absolute atomic E-state index is 12.9. The summed E-state index contributed by atoms with van der Waals surface area (Å²) in [6.45, 7) is 0.450. The zero-order valence-corrected chi connectivity index (χ0v) is 15.8. The molecule has 0 spiro atoms. The largest absolute Gasteiger partial charge is 0.496 e. The van der Waals surface area contributed by atoms with Gasteiger partial charge in [0.15, 0.2) is 0 Å². The predicted octanol–water partition coefficient (Wildman–Crippen LogP) is 0.728. The fraction of sp³-hybridized carbons (Fsp3) is 0.579. The second-order valence-corrected chi connectivity index (χ2v) is 6.96. The van der Waals surface area contributed by atoms with Crippen molar-refractivity contribution in [2.24, 2.45) is 0 Å². The van der Waals surface area contributed by atoms with E-state index in [2.05, 4.69) is 21.5 Å². The topological polar surface area (TPSA) is 101 Å². The van der Waals surface area contributed by atoms with Gasteiger partial charge in [-0.1, -0.05) is 25.3 Å². The van der Waals surface area contributed by atoms with Gasteiger partial charge in [-0.15, -0.1) is 0 Å². The Morgan fingerprint density at radius 2 is 1.70 bits per heavy atom. The zero-order valence-electron chi connectivity index (χ0n) is 15.8. The SMILES string of the molecule is COc1cccc(OC)c1C(=O)NC1CNNC1C(=O)NC1CCCCC1. The first-order chi connectivity index (χ1) is 13.1. The van der Waals surface area contributed by atoms with Crippen LogP contribution in [0.15, 0.2) is 18.2 Å². The minimum absolute atomic E-state index is 0.0933. The Hall–Kier alpha value is -2.32. The quantitative estimate of drug-likeness (QED) is 0.584. The average Bonchev–Trinajstić information content (AvgIpc) is 3.16. The molecule has 27 heavy (non-hydrogen) atoms. The summed E-state index contributed by atoms with van der Waals surface area (Å²) in [5, 5.41) is 6.03. The predicted molar refractivity (Wildman–Crippen MR) is 101 cm³/mol. The van der Waals surface area contributed by atoms with Gasteiger partial charge < -0.3 is 20.1 Å². The maximum atomic E-state index is 12.9. The van der Waals surface area contributed by atoms with E-state index >= 15 is 0 Å². The molecule has 0 radical (unpaired) electrons. The molecule has 2 unspecified atom stereocenters. The van der Waals surface area contributed by atoms with Crippen LogP contribution in [-0.2, 0) is 4.79 Å². The van der Waals surface area contributed by atoms with Crippen LogP contribution < -0.4 is 31.0 Å². The minimum atomic E-state index is -0.531. The van der Waals surface area contributed by atoms with Gasteiger partial charge in [-0.25, -0.2) is 5.43 Å². The van der Waals surface area contributed by atoms with Crippen LogP contribution in [-0.4, -0.2) is 50.7 Å². The third kappa shape index (κ3) is 4.51. The Labute approximate surface area is 159 Å². The molecular formula is C19H28N4O4. The van der Waals surface area contributed by atoms with Crippen molar-refractivity contribution in [3.8, 4) is 11.5 Å². The number of rotatable bonds is 6. The standard InChI is InChI=1S/C19H28N4O4/c1-26-14-9-6-10-15(27-2)16(14)18(24)22-13-11-20-23-17(13)19(25)21-12-7-4-3-5-8-12/h6,9-10,12-13,17,20,23H,3-5,7-8,11H2,1-2H3,(H,21,25)(H,22,24). The first-order valence-corrected chi connectivity index (χ1v) is 9.44. The van der Waals surface area contributed by atoms with Crippen molar-refractivity contribution in [1.29, 1.82) is 0 Å². The van der Waals surface area contributed by atoms with Crippen LogP contribution in [0.25, 0.3) is 0 Å². The first kappa shape index (κ1) is 19.4. The van der Waals surface area contributed by atoms with Gasteiger partial charge in [-0.05, 0) is 25.0 Å². The van der Waals surface area contributed by atoms with Gasteiger partial charge in [-0.2, -0.15) is 0 Å². The van der Waals surface area contributed by atoms with Gasteiger partial charge >= 0.3 is 0 Å². The summed E-state index contributed by atoms with van der Waals surface area (Å²) in [6, 6.07) is 4.48. The van der Waals surface area contributed by atoms with E-state index in [-0.39, 0.29) is 23.9 Å². The molecule has 1 aliphatic carbocycles. The van der Waals surface area contributed by atoms with Gasteiger partial charge in [0.05, 0.1) is 20.3 Å². The number of benzene rings is 1. The van der Waals surface area contributed by atoms with Gasteiger partial charge in [0.25, 0.3) is 5.91 Å². The molecule has 2 atom stereocenters. The molecule has 2 fully saturated rings. The molecular weight excluding hydrogens is 348 g/mol. The third-order valence-corrected chi connectivity index (χ3v) is 5.19. The van der Waals surface area contributed by atoms with Crippen LogP contribution in [0.2, 0.25) is 0 Å². The number of ether oxygens (including phenoxy) is 2. The number of hydrogen-bond acceptors (Lipinski definition) is 6. The average molecular weight is 376 g/mol. The Kier molecular flexibility index (Phi) is 6.52. The summed E-state index contributed by atoms with van der Waals surface area (Å²) in [5.41, 5.74) is 6.26. The fourth-order valence-corrected chi connectivity index (χ4v) is 3.73. The Balaban J connectivity index is 1.67. The van der Waals surface area contributed by atoms with E-state index in [1.54, 1.807) is 18.2 Å². The number of methoxy groups -OCH3 is 2. The van der Waals surface area contributed by atoms with E-state index in [1.165, 1.54) is 20.6 Å². The molecule has 0 bridgehead atoms. The lowest BCUT2D eigenvalue weighted by atomic mass is 9.95. The van der Waals surface area contributed by atoms with Crippen LogP contribution in [0, 0.1) is 0 Å². The van der Waals surface area contributed by atoms with Crippen LogP contribution >= 0.6 is 0 Å². The highest BCUT2D eigenvalue weighted by molar-refractivity contribution is 6.00. The zero-order chi connectivity index (χ0) is 19.2. The Morgan fingerprint density at radius 3 is 2.33 bits per heavy atom. The number of carbonyl (C=O) groups is 2. The highest BCUT2D eigenvalue weighted by Gasteiger charge is 2.36. The van der Waals surface area contributed by atoms with E-state index in [1.807, 2.05) is 0 Å². The van der Waals surface area contributed by atoms with E-state index in [9.17, 15) is 9.59 Å². The Bertz CT molecular complexity index is 653. The smallest absolute Gasteiger partial charge is 0.259 e. The normalized spacial score (nSPS) is 22.9. The number of nitrogens with one attached hydrogen (secondary N) is 4. The van der Waals surface area contributed by atoms with Crippen molar-refractivity contribution in [1.82, 2.24) is 21.5 Å². The molecule has 4 N–H and O–H groups in total. The highest BCUT2D eigenvalue weighted by Crippen LogP contribution is 2.28. The maximum Gasteiger partial charge on any atom is 0.259 e. The molecule has 148 valence electrons. The van der Waals surface area contributed by atoms with Crippen molar-refractivity contribution in [2.45, 2.75) is 50.2 Å². The van der Waals surface area contributed by atoms with Gasteiger partial charge in [-0.3, -0.25) is 15.0 Å². The molecule has 8 heteroatoms. The molecule has 1 aromatic rings. The lowest BCUT2D eigenvalue weighted by Gasteiger charge is -2.26. The van der Waals surface area contributed by atoms with E-state index < -0.39 is 6.04 Å². The number of carbonyl (C=O) groups excluding carboxylic acids is 2. The molecule has 1 heterocycles. The lowest BCUT2D eigenvalue weighted by Crippen LogP contribution is -2.55. The summed E-state index contributed by atoms with van der Waals surface area (Å²) in [5.74, 6) is 0.419. The number of amides is 2. The van der Waals surface area contributed by atoms with Gasteiger partial charge in [0.2, 0.25) is 5.91 Å². The second-order valence-electron chi connectivity index (χ2n) is 6.96. The molecule has 2 aliphatic rings. The monoisotopic (exact) mass is 376 g/mol. The summed E-state index contributed by atoms with van der Waals surface area (Å²) in [4.78, 5) is 25.5. The second kappa shape index (κ2) is 9.05. The summed E-state index contributed by atoms with van der Waals surface area (Å²) in [7, 11) is 3.01. The molecule has 1 saturated heterocycles. The third-order valence-electron chi connectivity index (χ3n) is 5.19. The molecule has 1 aliphatic heterocycles. The van der Waals surface area contributed by atoms with Gasteiger partial charge in [0, 0.05) is 12.6 Å². The number of hydrogen-bond donors (Lipinski definition) is 4. The molecule has 0 aromatic heterocycles. The van der Waals surface area contributed by atoms with Crippen molar-refractivity contribution in [2.75, 3.05) is 20.8 Å². The van der Waals surface area contributed by atoms with Crippen LogP contribution in [0.3, 0.4) is 0 Å². The van der Waals surface area contributed by atoms with Gasteiger partial charge in [0.1, 0.15) is 23.1 Å². The van der Waals surface area contributed by atoms with Crippen LogP contribution in [0.4, 0.5) is 0 Å². The highest BCUT2D eigenvalue weighted by atomic mass is 16.5. The molecule has 3 rings (SSSR count). The van der Waals surface area contributed by atoms with E-state index in [0.29, 0.717) is 23.6 Å². The molecule has 8 nitrogen and oxygen atoms in total. The number of hydrazine groups is 1. The van der Waals surface area contributed by atoms with E-state index in [0.717, 1.165) is 25.7 Å². The minimum Gasteiger partial charge on any atom is -0.496 e. The van der Waals surface area contributed by atoms with Crippen molar-refractivity contribution >= 4 is 11.8 Å². The Morgan fingerprint density at radius 1 is 1.04 bits per heavy atom. The van der Waals surface area contributed by atoms with E-state index in [4.69, 9.17) is 9.47 Å². The van der Waals surface area contributed by atoms with Crippen molar-refractivity contribution in [3.05, 3.63) is 23.8 Å². The molecule has 1 aromatic carbocycles. The summed E-state index contributed by atoms with van der Waals surface area (Å²) in [6.07, 6.45) is 5.56. The lowest BCUT2D eigenvalue weighted by molar-refractivity contribution is -0.124. The van der Waals surface area contributed by atoms with Crippen molar-refractivity contribution < 1.29 is 19.1 Å². The van der Waals surface area contributed by atoms with Crippen LogP contribution in [0.5, 0.6) is 11.5 Å². The molecule has 2 amide bonds. The molecule has 1 saturated carbocycles. The first-order valence-electron chi connectivity index (χ1n) is 9.44. The fourth-order valence-electron chi connectivity index (χ4n) is 3.73.